The third kappa shape index (κ3) is 3.00. The molecule has 0 aromatic carbocycles. The summed E-state index contributed by atoms with van der Waals surface area (Å²) in [5.41, 5.74) is 5.68. The molecule has 2 heterocycles. The van der Waals surface area contributed by atoms with Gasteiger partial charge in [0.1, 0.15) is 0 Å². The fourth-order valence-corrected chi connectivity index (χ4v) is 2.35. The van der Waals surface area contributed by atoms with Crippen LogP contribution < -0.4 is 15.4 Å². The SMILES string of the molecule is CCCC1CCN(c2nc(N)nc(OCC)n2)C1. The number of hydrogen-bond acceptors (Lipinski definition) is 6. The second-order valence-electron chi connectivity index (χ2n) is 4.60. The minimum Gasteiger partial charge on any atom is -0.464 e. The topological polar surface area (TPSA) is 77.2 Å². The van der Waals surface area contributed by atoms with Gasteiger partial charge in [-0.15, -0.1) is 0 Å². The second kappa shape index (κ2) is 5.84. The lowest BCUT2D eigenvalue weighted by molar-refractivity contribution is 0.312. The van der Waals surface area contributed by atoms with Crippen LogP contribution in [0.5, 0.6) is 6.01 Å². The third-order valence-corrected chi connectivity index (χ3v) is 3.16. The molecule has 0 radical (unpaired) electrons. The Morgan fingerprint density at radius 1 is 1.33 bits per heavy atom. The van der Waals surface area contributed by atoms with Gasteiger partial charge < -0.3 is 15.4 Å². The minimum absolute atomic E-state index is 0.224. The van der Waals surface area contributed by atoms with Crippen LogP contribution in [0, 0.1) is 5.92 Å². The molecule has 0 aliphatic carbocycles. The van der Waals surface area contributed by atoms with Crippen molar-refractivity contribution in [3.05, 3.63) is 0 Å². The van der Waals surface area contributed by atoms with E-state index in [9.17, 15) is 0 Å². The molecule has 1 unspecified atom stereocenters. The van der Waals surface area contributed by atoms with E-state index in [-0.39, 0.29) is 5.95 Å². The summed E-state index contributed by atoms with van der Waals surface area (Å²) in [7, 11) is 0. The summed E-state index contributed by atoms with van der Waals surface area (Å²) in [5.74, 6) is 1.61. The molecule has 1 saturated heterocycles. The molecule has 2 rings (SSSR count). The average molecular weight is 251 g/mol. The van der Waals surface area contributed by atoms with Crippen LogP contribution in [0.15, 0.2) is 0 Å². The zero-order valence-electron chi connectivity index (χ0n) is 11.1. The van der Waals surface area contributed by atoms with Crippen molar-refractivity contribution in [1.82, 2.24) is 15.0 Å². The summed E-state index contributed by atoms with van der Waals surface area (Å²) in [4.78, 5) is 14.6. The lowest BCUT2D eigenvalue weighted by Crippen LogP contribution is -2.23. The zero-order chi connectivity index (χ0) is 13.0. The molecule has 18 heavy (non-hydrogen) atoms. The number of anilines is 2. The van der Waals surface area contributed by atoms with Gasteiger partial charge in [-0.1, -0.05) is 13.3 Å². The Bertz CT molecular complexity index is 398. The van der Waals surface area contributed by atoms with Crippen molar-refractivity contribution in [3.8, 4) is 6.01 Å². The maximum absolute atomic E-state index is 5.68. The maximum Gasteiger partial charge on any atom is 0.323 e. The molecule has 0 bridgehead atoms. The predicted octanol–water partition coefficient (Wildman–Crippen LogP) is 1.48. The third-order valence-electron chi connectivity index (χ3n) is 3.16. The quantitative estimate of drug-likeness (QED) is 0.854. The van der Waals surface area contributed by atoms with Crippen molar-refractivity contribution in [2.75, 3.05) is 30.3 Å². The molecular formula is C12H21N5O. The highest BCUT2D eigenvalue weighted by Crippen LogP contribution is 2.25. The molecule has 1 fully saturated rings. The molecule has 1 atom stereocenters. The van der Waals surface area contributed by atoms with E-state index >= 15 is 0 Å². The lowest BCUT2D eigenvalue weighted by Gasteiger charge is -2.16. The van der Waals surface area contributed by atoms with Crippen LogP contribution >= 0.6 is 0 Å². The van der Waals surface area contributed by atoms with Gasteiger partial charge in [0.2, 0.25) is 11.9 Å². The van der Waals surface area contributed by atoms with Crippen molar-refractivity contribution in [2.24, 2.45) is 5.92 Å². The van der Waals surface area contributed by atoms with Gasteiger partial charge in [-0.3, -0.25) is 0 Å². The molecule has 2 N–H and O–H groups in total. The van der Waals surface area contributed by atoms with Crippen molar-refractivity contribution < 1.29 is 4.74 Å². The number of nitrogen functional groups attached to an aromatic ring is 1. The molecule has 100 valence electrons. The van der Waals surface area contributed by atoms with Crippen molar-refractivity contribution in [1.29, 1.82) is 0 Å². The zero-order valence-corrected chi connectivity index (χ0v) is 11.1. The van der Waals surface area contributed by atoms with Crippen LogP contribution in [-0.2, 0) is 0 Å². The molecular weight excluding hydrogens is 230 g/mol. The normalized spacial score (nSPS) is 19.2. The van der Waals surface area contributed by atoms with E-state index in [1.807, 2.05) is 6.92 Å². The fraction of sp³-hybridized carbons (Fsp3) is 0.750. The van der Waals surface area contributed by atoms with Crippen LogP contribution in [-0.4, -0.2) is 34.6 Å². The molecule has 6 heteroatoms. The molecule has 0 amide bonds. The van der Waals surface area contributed by atoms with Gasteiger partial charge in [0.05, 0.1) is 6.61 Å². The minimum atomic E-state index is 0.224. The Morgan fingerprint density at radius 2 is 2.17 bits per heavy atom. The standard InChI is InChI=1S/C12H21N5O/c1-3-5-9-6-7-17(8-9)11-14-10(13)15-12(16-11)18-4-2/h9H,3-8H2,1-2H3,(H2,13,14,15,16). The van der Waals surface area contributed by atoms with E-state index in [0.717, 1.165) is 19.0 Å². The first-order valence-electron chi connectivity index (χ1n) is 6.62. The highest BCUT2D eigenvalue weighted by atomic mass is 16.5. The van der Waals surface area contributed by atoms with Crippen LogP contribution in [0.2, 0.25) is 0 Å². The Hall–Kier alpha value is -1.59. The van der Waals surface area contributed by atoms with Gasteiger partial charge in [0.15, 0.2) is 0 Å². The van der Waals surface area contributed by atoms with E-state index in [4.69, 9.17) is 10.5 Å². The van der Waals surface area contributed by atoms with Gasteiger partial charge in [0.25, 0.3) is 0 Å². The largest absolute Gasteiger partial charge is 0.464 e. The number of rotatable bonds is 5. The highest BCUT2D eigenvalue weighted by molar-refractivity contribution is 5.37. The number of nitrogens with two attached hydrogens (primary N) is 1. The van der Waals surface area contributed by atoms with Gasteiger partial charge in [-0.05, 0) is 25.7 Å². The van der Waals surface area contributed by atoms with Crippen LogP contribution in [0.3, 0.4) is 0 Å². The maximum atomic E-state index is 5.68. The van der Waals surface area contributed by atoms with Crippen molar-refractivity contribution in [3.63, 3.8) is 0 Å². The van der Waals surface area contributed by atoms with Gasteiger partial charge in [-0.25, -0.2) is 0 Å². The summed E-state index contributed by atoms with van der Waals surface area (Å²) in [6.45, 7) is 6.63. The van der Waals surface area contributed by atoms with E-state index in [1.54, 1.807) is 0 Å². The lowest BCUT2D eigenvalue weighted by atomic mass is 10.0. The molecule has 1 aromatic heterocycles. The summed E-state index contributed by atoms with van der Waals surface area (Å²) in [6.07, 6.45) is 3.68. The van der Waals surface area contributed by atoms with Crippen LogP contribution in [0.25, 0.3) is 0 Å². The van der Waals surface area contributed by atoms with Crippen molar-refractivity contribution >= 4 is 11.9 Å². The predicted molar refractivity (Wildman–Crippen MR) is 70.6 cm³/mol. The Morgan fingerprint density at radius 3 is 2.89 bits per heavy atom. The summed E-state index contributed by atoms with van der Waals surface area (Å²) >= 11 is 0. The summed E-state index contributed by atoms with van der Waals surface area (Å²) in [5, 5.41) is 0. The smallest absolute Gasteiger partial charge is 0.323 e. The molecule has 0 saturated carbocycles. The first-order valence-corrected chi connectivity index (χ1v) is 6.62. The van der Waals surface area contributed by atoms with E-state index in [1.165, 1.54) is 19.3 Å². The molecule has 1 aromatic rings. The van der Waals surface area contributed by atoms with Crippen molar-refractivity contribution in [2.45, 2.75) is 33.1 Å². The average Bonchev–Trinajstić information content (AvgIpc) is 2.78. The molecule has 0 spiro atoms. The number of ether oxygens (including phenoxy) is 1. The Labute approximate surface area is 108 Å². The summed E-state index contributed by atoms with van der Waals surface area (Å²) in [6, 6.07) is 0.318. The first kappa shape index (κ1) is 12.9. The van der Waals surface area contributed by atoms with E-state index in [0.29, 0.717) is 18.6 Å². The Kier molecular flexibility index (Phi) is 4.17. The van der Waals surface area contributed by atoms with Gasteiger partial charge in [0, 0.05) is 13.1 Å². The fourth-order valence-electron chi connectivity index (χ4n) is 2.35. The van der Waals surface area contributed by atoms with Crippen LogP contribution in [0.4, 0.5) is 11.9 Å². The van der Waals surface area contributed by atoms with Gasteiger partial charge >= 0.3 is 6.01 Å². The molecule has 1 aliphatic heterocycles. The highest BCUT2D eigenvalue weighted by Gasteiger charge is 2.24. The number of nitrogens with zero attached hydrogens (tertiary/aromatic N) is 4. The second-order valence-corrected chi connectivity index (χ2v) is 4.60. The van der Waals surface area contributed by atoms with E-state index < -0.39 is 0 Å². The number of aromatic nitrogens is 3. The molecule has 1 aliphatic rings. The Balaban J connectivity index is 2.08. The first-order chi connectivity index (χ1) is 8.72. The summed E-state index contributed by atoms with van der Waals surface area (Å²) < 4.78 is 5.29. The van der Waals surface area contributed by atoms with E-state index in [2.05, 4.69) is 26.8 Å². The number of hydrogen-bond donors (Lipinski definition) is 1. The monoisotopic (exact) mass is 251 g/mol. The van der Waals surface area contributed by atoms with Gasteiger partial charge in [-0.2, -0.15) is 15.0 Å². The van der Waals surface area contributed by atoms with Crippen LogP contribution in [0.1, 0.15) is 33.1 Å². The molecule has 6 nitrogen and oxygen atoms in total.